The minimum atomic E-state index is -0.113. The molecule has 0 atom stereocenters. The molecule has 7 heteroatoms. The van der Waals surface area contributed by atoms with Crippen LogP contribution in [0.25, 0.3) is 0 Å². The van der Waals surface area contributed by atoms with Gasteiger partial charge >= 0.3 is 0 Å². The van der Waals surface area contributed by atoms with Gasteiger partial charge in [-0.15, -0.1) is 0 Å². The Kier molecular flexibility index (Phi) is 7.36. The number of nitrogens with zero attached hydrogens (tertiary/aromatic N) is 1. The molecule has 29 heavy (non-hydrogen) atoms. The summed E-state index contributed by atoms with van der Waals surface area (Å²) in [4.78, 5) is 26.1. The van der Waals surface area contributed by atoms with Gasteiger partial charge < -0.3 is 19.7 Å². The van der Waals surface area contributed by atoms with Gasteiger partial charge in [-0.05, 0) is 55.3 Å². The molecule has 0 spiro atoms. The second-order valence-electron chi connectivity index (χ2n) is 6.82. The van der Waals surface area contributed by atoms with Gasteiger partial charge in [0.1, 0.15) is 11.5 Å². The number of anilines is 2. The fraction of sp³-hybridized carbons (Fsp3) is 0.364. The number of rotatable bonds is 9. The molecule has 0 aliphatic carbocycles. The van der Waals surface area contributed by atoms with Crippen molar-refractivity contribution in [2.24, 2.45) is 0 Å². The summed E-state index contributed by atoms with van der Waals surface area (Å²) in [5.41, 5.74) is 1.33. The molecule has 0 saturated carbocycles. The van der Waals surface area contributed by atoms with Crippen molar-refractivity contribution in [2.45, 2.75) is 32.6 Å². The van der Waals surface area contributed by atoms with E-state index in [1.165, 1.54) is 0 Å². The summed E-state index contributed by atoms with van der Waals surface area (Å²) in [6.07, 6.45) is 2.94. The lowest BCUT2D eigenvalue weighted by molar-refractivity contribution is -0.121. The third kappa shape index (κ3) is 5.87. The average Bonchev–Trinajstić information content (AvgIpc) is 2.72. The number of carbonyl (C=O) groups excluding carboxylic acids is 2. The number of hydrogen-bond acceptors (Lipinski definition) is 4. The summed E-state index contributed by atoms with van der Waals surface area (Å²) in [5, 5.41) is 3.55. The summed E-state index contributed by atoms with van der Waals surface area (Å²) in [5.74, 6) is 1.23. The Morgan fingerprint density at radius 2 is 2.00 bits per heavy atom. The van der Waals surface area contributed by atoms with Crippen LogP contribution < -0.4 is 19.7 Å². The van der Waals surface area contributed by atoms with Gasteiger partial charge in [0, 0.05) is 23.7 Å². The summed E-state index contributed by atoms with van der Waals surface area (Å²) in [6.45, 7) is 3.02. The van der Waals surface area contributed by atoms with Crippen molar-refractivity contribution in [3.8, 4) is 11.5 Å². The first kappa shape index (κ1) is 21.0. The van der Waals surface area contributed by atoms with Gasteiger partial charge in [0.05, 0.1) is 12.3 Å². The number of carbonyl (C=O) groups is 2. The van der Waals surface area contributed by atoms with Crippen LogP contribution in [0.4, 0.5) is 11.4 Å². The molecular formula is C22H25ClN2O4. The van der Waals surface area contributed by atoms with Gasteiger partial charge in [-0.2, -0.15) is 0 Å². The zero-order chi connectivity index (χ0) is 20.6. The quantitative estimate of drug-likeness (QED) is 0.603. The Labute approximate surface area is 175 Å². The first-order valence-electron chi connectivity index (χ1n) is 9.82. The Bertz CT molecular complexity index is 854. The molecule has 3 rings (SSSR count). The fourth-order valence-corrected chi connectivity index (χ4v) is 3.16. The molecule has 0 aromatic heterocycles. The highest BCUT2D eigenvalue weighted by atomic mass is 35.5. The molecule has 6 nitrogen and oxygen atoms in total. The molecule has 0 radical (unpaired) electrons. The number of ether oxygens (including phenoxy) is 2. The molecule has 1 heterocycles. The number of fused-ring (bicyclic) bond motifs is 1. The average molecular weight is 417 g/mol. The summed E-state index contributed by atoms with van der Waals surface area (Å²) < 4.78 is 11.2. The second kappa shape index (κ2) is 10.2. The number of benzene rings is 2. The zero-order valence-electron chi connectivity index (χ0n) is 16.4. The Morgan fingerprint density at radius 1 is 1.21 bits per heavy atom. The standard InChI is InChI=1S/C22H25ClN2O4/c1-2-3-5-21(26)24-17-8-11-20-19(14-17)25(22(27)15-29-20)12-4-13-28-18-9-6-16(23)7-10-18/h6-11,14H,2-5,12-13,15H2,1H3,(H,24,26). The number of halogens is 1. The number of amides is 2. The molecule has 0 bridgehead atoms. The van der Waals surface area contributed by atoms with Crippen LogP contribution in [0.2, 0.25) is 5.02 Å². The van der Waals surface area contributed by atoms with Crippen LogP contribution in [0, 0.1) is 0 Å². The maximum atomic E-state index is 12.4. The van der Waals surface area contributed by atoms with Crippen LogP contribution in [-0.2, 0) is 9.59 Å². The molecular weight excluding hydrogens is 392 g/mol. The third-order valence-corrected chi connectivity index (χ3v) is 4.80. The molecule has 2 amide bonds. The van der Waals surface area contributed by atoms with E-state index in [4.69, 9.17) is 21.1 Å². The van der Waals surface area contributed by atoms with Crippen LogP contribution in [0.5, 0.6) is 11.5 Å². The molecule has 154 valence electrons. The van der Waals surface area contributed by atoms with E-state index in [1.807, 2.05) is 19.1 Å². The normalized spacial score (nSPS) is 12.9. The molecule has 0 saturated heterocycles. The fourth-order valence-electron chi connectivity index (χ4n) is 3.03. The van der Waals surface area contributed by atoms with E-state index in [0.29, 0.717) is 48.1 Å². The van der Waals surface area contributed by atoms with Crippen LogP contribution in [-0.4, -0.2) is 31.6 Å². The largest absolute Gasteiger partial charge is 0.494 e. The van der Waals surface area contributed by atoms with Gasteiger partial charge in [-0.3, -0.25) is 9.59 Å². The first-order valence-corrected chi connectivity index (χ1v) is 10.2. The zero-order valence-corrected chi connectivity index (χ0v) is 17.2. The van der Waals surface area contributed by atoms with Crippen molar-refractivity contribution in [1.29, 1.82) is 0 Å². The highest BCUT2D eigenvalue weighted by molar-refractivity contribution is 6.30. The monoisotopic (exact) mass is 416 g/mol. The van der Waals surface area contributed by atoms with Crippen molar-refractivity contribution in [1.82, 2.24) is 0 Å². The van der Waals surface area contributed by atoms with Crippen molar-refractivity contribution < 1.29 is 19.1 Å². The lowest BCUT2D eigenvalue weighted by Crippen LogP contribution is -2.39. The van der Waals surface area contributed by atoms with Crippen molar-refractivity contribution in [2.75, 3.05) is 30.0 Å². The maximum absolute atomic E-state index is 12.4. The molecule has 2 aromatic rings. The van der Waals surface area contributed by atoms with Crippen molar-refractivity contribution in [3.63, 3.8) is 0 Å². The lowest BCUT2D eigenvalue weighted by atomic mass is 10.2. The molecule has 2 aromatic carbocycles. The lowest BCUT2D eigenvalue weighted by Gasteiger charge is -2.30. The topological polar surface area (TPSA) is 67.9 Å². The van der Waals surface area contributed by atoms with E-state index in [-0.39, 0.29) is 18.4 Å². The number of nitrogens with one attached hydrogen (secondary N) is 1. The highest BCUT2D eigenvalue weighted by Gasteiger charge is 2.25. The molecule has 0 fully saturated rings. The van der Waals surface area contributed by atoms with E-state index in [1.54, 1.807) is 35.2 Å². The van der Waals surface area contributed by atoms with Gasteiger partial charge in [-0.25, -0.2) is 0 Å². The molecule has 0 unspecified atom stereocenters. The van der Waals surface area contributed by atoms with Crippen molar-refractivity contribution >= 4 is 34.8 Å². The van der Waals surface area contributed by atoms with E-state index in [2.05, 4.69) is 5.32 Å². The van der Waals surface area contributed by atoms with Crippen LogP contribution >= 0.6 is 11.6 Å². The van der Waals surface area contributed by atoms with E-state index >= 15 is 0 Å². The Balaban J connectivity index is 1.60. The van der Waals surface area contributed by atoms with Gasteiger partial charge in [0.15, 0.2) is 6.61 Å². The minimum absolute atomic E-state index is 0.00719. The van der Waals surface area contributed by atoms with Crippen LogP contribution in [0.3, 0.4) is 0 Å². The minimum Gasteiger partial charge on any atom is -0.494 e. The number of hydrogen-bond donors (Lipinski definition) is 1. The predicted octanol–water partition coefficient (Wildman–Crippen LogP) is 4.66. The Hall–Kier alpha value is -2.73. The number of unbranched alkanes of at least 4 members (excludes halogenated alkanes) is 1. The van der Waals surface area contributed by atoms with Crippen LogP contribution in [0.15, 0.2) is 42.5 Å². The third-order valence-electron chi connectivity index (χ3n) is 4.55. The van der Waals surface area contributed by atoms with E-state index in [9.17, 15) is 9.59 Å². The predicted molar refractivity (Wildman–Crippen MR) is 114 cm³/mol. The maximum Gasteiger partial charge on any atom is 0.265 e. The van der Waals surface area contributed by atoms with Gasteiger partial charge in [0.2, 0.25) is 5.91 Å². The summed E-state index contributed by atoms with van der Waals surface area (Å²) >= 11 is 5.87. The first-order chi connectivity index (χ1) is 14.1. The summed E-state index contributed by atoms with van der Waals surface area (Å²) in [7, 11) is 0. The SMILES string of the molecule is CCCCC(=O)Nc1ccc2c(c1)N(CCCOc1ccc(Cl)cc1)C(=O)CO2. The van der Waals surface area contributed by atoms with E-state index in [0.717, 1.165) is 18.6 Å². The molecule has 1 aliphatic rings. The van der Waals surface area contributed by atoms with Crippen molar-refractivity contribution in [3.05, 3.63) is 47.5 Å². The van der Waals surface area contributed by atoms with Gasteiger partial charge in [0.25, 0.3) is 5.91 Å². The second-order valence-corrected chi connectivity index (χ2v) is 7.26. The smallest absolute Gasteiger partial charge is 0.265 e. The molecule has 1 aliphatic heterocycles. The molecule has 1 N–H and O–H groups in total. The highest BCUT2D eigenvalue weighted by Crippen LogP contribution is 2.34. The van der Waals surface area contributed by atoms with Crippen LogP contribution in [0.1, 0.15) is 32.6 Å². The van der Waals surface area contributed by atoms with E-state index < -0.39 is 0 Å². The Morgan fingerprint density at radius 3 is 2.76 bits per heavy atom. The van der Waals surface area contributed by atoms with Gasteiger partial charge in [-0.1, -0.05) is 24.9 Å². The summed E-state index contributed by atoms with van der Waals surface area (Å²) in [6, 6.07) is 12.5.